The van der Waals surface area contributed by atoms with Crippen LogP contribution in [-0.2, 0) is 34.4 Å². The Morgan fingerprint density at radius 2 is 1.54 bits per heavy atom. The van der Waals surface area contributed by atoms with Crippen LogP contribution in [0, 0.1) is 0 Å². The number of aliphatic hydroxyl groups is 1. The van der Waals surface area contributed by atoms with E-state index in [2.05, 4.69) is 18.5 Å². The van der Waals surface area contributed by atoms with E-state index in [0.717, 1.165) is 29.7 Å². The van der Waals surface area contributed by atoms with E-state index in [1.165, 1.54) is 95.7 Å². The lowest BCUT2D eigenvalue weighted by Gasteiger charge is -2.31. The predicted octanol–water partition coefficient (Wildman–Crippen LogP) is 7.73. The second-order valence-corrected chi connectivity index (χ2v) is 15.1. The van der Waals surface area contributed by atoms with Gasteiger partial charge in [0, 0.05) is 12.8 Å². The molecule has 0 aliphatic carbocycles. The lowest BCUT2D eigenvalue weighted by molar-refractivity contribution is -0.231. The van der Waals surface area contributed by atoms with Gasteiger partial charge in [0.15, 0.2) is 6.10 Å². The van der Waals surface area contributed by atoms with Gasteiger partial charge in [0.1, 0.15) is 23.9 Å². The standard InChI is InChI=1S/C38H62F2N3O8P/c1-3-4-5-6-7-8-9-10-11-12-13-14-15-16-17-21-26-47-28-33(48-27-32-22-19-18-20-23-32)29-49-52(45,46)50-30-34-36(44)38(39,40)37(51-34)43-25-24-35(41)42-31(43)2/h18-20,22-25,33-34,36-37,44H,2-17,21,26-30H2,1H3,(H2,41,42)(H,45,46)/p-1/t33?,34-,36+,37-/m1/s1. The van der Waals surface area contributed by atoms with Gasteiger partial charge in [-0.2, -0.15) is 8.78 Å². The third kappa shape index (κ3) is 16.4. The van der Waals surface area contributed by atoms with Gasteiger partial charge in [-0.05, 0) is 18.1 Å². The number of nitrogens with two attached hydrogens (primary N) is 1. The van der Waals surface area contributed by atoms with Crippen LogP contribution in [0.15, 0.2) is 60.0 Å². The van der Waals surface area contributed by atoms with Crippen LogP contribution in [0.1, 0.15) is 115 Å². The van der Waals surface area contributed by atoms with E-state index < -0.39 is 51.5 Å². The predicted molar refractivity (Wildman–Crippen MR) is 196 cm³/mol. The summed E-state index contributed by atoms with van der Waals surface area (Å²) < 4.78 is 69.5. The molecule has 2 aliphatic rings. The third-order valence-electron chi connectivity index (χ3n) is 9.18. The number of phosphoric acid groups is 1. The summed E-state index contributed by atoms with van der Waals surface area (Å²) in [7, 11) is -5.02. The maximum atomic E-state index is 14.9. The number of aliphatic imine (C=N–C) groups is 1. The molecule has 2 unspecified atom stereocenters. The summed E-state index contributed by atoms with van der Waals surface area (Å²) in [5, 5.41) is 10.3. The van der Waals surface area contributed by atoms with E-state index >= 15 is 0 Å². The van der Waals surface area contributed by atoms with Crippen molar-refractivity contribution in [3.63, 3.8) is 0 Å². The van der Waals surface area contributed by atoms with Gasteiger partial charge in [0.25, 0.3) is 7.82 Å². The number of alkyl halides is 2. The summed E-state index contributed by atoms with van der Waals surface area (Å²) in [5.74, 6) is -3.88. The molecule has 0 amide bonds. The molecule has 2 heterocycles. The van der Waals surface area contributed by atoms with Crippen LogP contribution in [0.5, 0.6) is 0 Å². The van der Waals surface area contributed by atoms with Gasteiger partial charge in [-0.1, -0.05) is 140 Å². The molecular weight excluding hydrogens is 695 g/mol. The molecule has 3 rings (SSSR count). The molecule has 3 N–H and O–H groups in total. The second-order valence-electron chi connectivity index (χ2n) is 13.7. The molecule has 1 saturated heterocycles. The van der Waals surface area contributed by atoms with Gasteiger partial charge < -0.3 is 43.9 Å². The van der Waals surface area contributed by atoms with Gasteiger partial charge in [-0.3, -0.25) is 4.57 Å². The summed E-state index contributed by atoms with van der Waals surface area (Å²) in [6.45, 7) is 5.29. The van der Waals surface area contributed by atoms with Crippen molar-refractivity contribution in [1.82, 2.24) is 4.90 Å². The minimum absolute atomic E-state index is 0.0594. The minimum atomic E-state index is -5.02. The Bertz CT molecular complexity index is 1260. The minimum Gasteiger partial charge on any atom is -0.756 e. The molecule has 0 spiro atoms. The molecule has 0 saturated carbocycles. The fourth-order valence-corrected chi connectivity index (χ4v) is 6.84. The molecule has 0 radical (unpaired) electrons. The number of halogens is 2. The number of ether oxygens (including phenoxy) is 3. The smallest absolute Gasteiger partial charge is 0.320 e. The Kier molecular flexibility index (Phi) is 20.6. The number of nitrogens with zero attached hydrogens (tertiary/aromatic N) is 2. The van der Waals surface area contributed by atoms with Crippen LogP contribution in [0.2, 0.25) is 0 Å². The van der Waals surface area contributed by atoms with E-state index in [4.69, 9.17) is 29.0 Å². The fourth-order valence-electron chi connectivity index (χ4n) is 6.08. The normalized spacial score (nSPS) is 21.7. The van der Waals surface area contributed by atoms with E-state index in [9.17, 15) is 23.3 Å². The van der Waals surface area contributed by atoms with Crippen LogP contribution in [0.25, 0.3) is 0 Å². The molecule has 14 heteroatoms. The first-order chi connectivity index (χ1) is 25.0. The van der Waals surface area contributed by atoms with Gasteiger partial charge >= 0.3 is 5.92 Å². The van der Waals surface area contributed by atoms with Crippen LogP contribution >= 0.6 is 7.82 Å². The highest BCUT2D eigenvalue weighted by Crippen LogP contribution is 2.43. The zero-order chi connectivity index (χ0) is 37.7. The number of unbranched alkanes of at least 4 members (excludes halogenated alkanes) is 15. The van der Waals surface area contributed by atoms with Crippen molar-refractivity contribution in [2.45, 2.75) is 147 Å². The highest BCUT2D eigenvalue weighted by Gasteiger charge is 2.61. The quantitative estimate of drug-likeness (QED) is 0.0615. The molecular formula is C38H61F2N3O8P-. The first kappa shape index (κ1) is 44.2. The number of rotatable bonds is 29. The van der Waals surface area contributed by atoms with Crippen LogP contribution in [0.4, 0.5) is 8.78 Å². The average molecular weight is 757 g/mol. The Labute approximate surface area is 309 Å². The van der Waals surface area contributed by atoms with Crippen molar-refractivity contribution in [3.05, 3.63) is 60.6 Å². The summed E-state index contributed by atoms with van der Waals surface area (Å²) in [5.41, 5.74) is 6.46. The number of aliphatic hydroxyl groups excluding tert-OH is 1. The number of benzene rings is 1. The van der Waals surface area contributed by atoms with Gasteiger partial charge in [0.2, 0.25) is 6.23 Å². The molecule has 1 aromatic rings. The maximum absolute atomic E-state index is 14.9. The molecule has 5 atom stereocenters. The Hall–Kier alpha value is -2.22. The number of amidine groups is 1. The van der Waals surface area contributed by atoms with E-state index in [0.29, 0.717) is 6.61 Å². The van der Waals surface area contributed by atoms with Crippen LogP contribution in [0.3, 0.4) is 0 Å². The third-order valence-corrected chi connectivity index (χ3v) is 10.1. The van der Waals surface area contributed by atoms with Crippen LogP contribution in [-0.4, -0.2) is 72.7 Å². The Balaban J connectivity index is 1.32. The number of hydrogen-bond acceptors (Lipinski definition) is 11. The summed E-state index contributed by atoms with van der Waals surface area (Å²) in [6, 6.07) is 9.37. The van der Waals surface area contributed by atoms with Crippen molar-refractivity contribution < 1.29 is 46.6 Å². The number of phosphoric ester groups is 1. The molecule has 296 valence electrons. The van der Waals surface area contributed by atoms with E-state index in [1.807, 2.05) is 30.3 Å². The average Bonchev–Trinajstić information content (AvgIpc) is 3.35. The lowest BCUT2D eigenvalue weighted by atomic mass is 10.0. The first-order valence-corrected chi connectivity index (χ1v) is 20.5. The van der Waals surface area contributed by atoms with Crippen molar-refractivity contribution in [3.8, 4) is 0 Å². The largest absolute Gasteiger partial charge is 0.756 e. The summed E-state index contributed by atoms with van der Waals surface area (Å²) in [6.07, 6.45) is 16.1. The van der Waals surface area contributed by atoms with Crippen LogP contribution < -0.4 is 10.6 Å². The van der Waals surface area contributed by atoms with E-state index in [-0.39, 0.29) is 24.9 Å². The van der Waals surface area contributed by atoms with Crippen molar-refractivity contribution in [1.29, 1.82) is 0 Å². The molecule has 0 aromatic heterocycles. The molecule has 1 fully saturated rings. The molecule has 0 bridgehead atoms. The van der Waals surface area contributed by atoms with Gasteiger partial charge in [-0.25, -0.2) is 4.99 Å². The van der Waals surface area contributed by atoms with Gasteiger partial charge in [0.05, 0.1) is 26.4 Å². The zero-order valence-electron chi connectivity index (χ0n) is 30.9. The highest BCUT2D eigenvalue weighted by atomic mass is 31.2. The second kappa shape index (κ2) is 24.2. The molecule has 52 heavy (non-hydrogen) atoms. The van der Waals surface area contributed by atoms with Crippen molar-refractivity contribution >= 4 is 13.7 Å². The molecule has 2 aliphatic heterocycles. The SMILES string of the molecule is C=C1N=C(N)C=CN1[C@@H]1O[C@H](COP(=O)([O-])OCC(COCCCCCCCCCCCCCCCCCC)OCc2ccccc2)[C@H](O)C1(F)F. The summed E-state index contributed by atoms with van der Waals surface area (Å²) >= 11 is 0. The topological polar surface area (TPSA) is 148 Å². The fraction of sp³-hybridized carbons (Fsp3) is 0.711. The maximum Gasteiger partial charge on any atom is 0.320 e. The monoisotopic (exact) mass is 756 g/mol. The summed E-state index contributed by atoms with van der Waals surface area (Å²) in [4.78, 5) is 17.4. The molecule has 11 nitrogen and oxygen atoms in total. The lowest BCUT2D eigenvalue weighted by Crippen LogP contribution is -2.47. The Morgan fingerprint density at radius 1 is 0.962 bits per heavy atom. The van der Waals surface area contributed by atoms with Crippen molar-refractivity contribution in [2.24, 2.45) is 10.7 Å². The Morgan fingerprint density at radius 3 is 2.12 bits per heavy atom. The molecule has 1 aromatic carbocycles. The zero-order valence-corrected chi connectivity index (χ0v) is 31.8. The number of hydrogen-bond donors (Lipinski definition) is 2. The van der Waals surface area contributed by atoms with Crippen molar-refractivity contribution in [2.75, 3.05) is 26.4 Å². The highest BCUT2D eigenvalue weighted by molar-refractivity contribution is 7.45. The van der Waals surface area contributed by atoms with Gasteiger partial charge in [-0.15, -0.1) is 0 Å². The van der Waals surface area contributed by atoms with E-state index in [1.54, 1.807) is 0 Å². The first-order valence-electron chi connectivity index (χ1n) is 19.1.